The highest BCUT2D eigenvalue weighted by Gasteiger charge is 2.14. The number of rotatable bonds is 7. The lowest BCUT2D eigenvalue weighted by atomic mass is 10.3. The molecule has 0 aliphatic heterocycles. The third-order valence-electron chi connectivity index (χ3n) is 2.28. The van der Waals surface area contributed by atoms with Crippen LogP contribution in [0.2, 0.25) is 0 Å². The van der Waals surface area contributed by atoms with Gasteiger partial charge < -0.3 is 14.4 Å². The van der Waals surface area contributed by atoms with Crippen LogP contribution in [0.25, 0.3) is 0 Å². The molecular weight excluding hydrogens is 240 g/mol. The van der Waals surface area contributed by atoms with Crippen molar-refractivity contribution in [2.75, 3.05) is 19.0 Å². The van der Waals surface area contributed by atoms with Crippen molar-refractivity contribution in [1.82, 2.24) is 9.55 Å². The number of aromatic nitrogens is 2. The lowest BCUT2D eigenvalue weighted by Crippen LogP contribution is -2.15. The second-order valence-electron chi connectivity index (χ2n) is 3.74. The van der Waals surface area contributed by atoms with E-state index in [1.807, 2.05) is 25.3 Å². The molecule has 0 fully saturated rings. The summed E-state index contributed by atoms with van der Waals surface area (Å²) in [6, 6.07) is 0.161. The molecule has 0 bridgehead atoms. The van der Waals surface area contributed by atoms with E-state index in [0.29, 0.717) is 13.2 Å². The molecule has 1 atom stereocenters. The molecule has 1 unspecified atom stereocenters. The van der Waals surface area contributed by atoms with Crippen molar-refractivity contribution in [1.29, 1.82) is 0 Å². The molecule has 1 N–H and O–H groups in total. The number of carboxylic acid groups (broad SMARTS) is 1. The van der Waals surface area contributed by atoms with Crippen LogP contribution in [0.5, 0.6) is 0 Å². The maximum Gasteiger partial charge on any atom is 0.313 e. The van der Waals surface area contributed by atoms with Crippen LogP contribution in [0.1, 0.15) is 25.6 Å². The van der Waals surface area contributed by atoms with E-state index in [1.165, 1.54) is 11.8 Å². The Morgan fingerprint density at radius 3 is 3.00 bits per heavy atom. The fraction of sp³-hybridized carbons (Fsp3) is 0.636. The molecule has 1 heterocycles. The van der Waals surface area contributed by atoms with Crippen LogP contribution in [0.15, 0.2) is 11.4 Å². The monoisotopic (exact) mass is 258 g/mol. The molecule has 0 aromatic carbocycles. The van der Waals surface area contributed by atoms with Gasteiger partial charge in [0.25, 0.3) is 0 Å². The summed E-state index contributed by atoms with van der Waals surface area (Å²) in [6.45, 7) is 7.23. The molecule has 0 aliphatic rings. The summed E-state index contributed by atoms with van der Waals surface area (Å²) >= 11 is 1.23. The van der Waals surface area contributed by atoms with Gasteiger partial charge in [0.2, 0.25) is 0 Å². The van der Waals surface area contributed by atoms with Crippen molar-refractivity contribution in [2.24, 2.45) is 0 Å². The number of aryl methyl sites for hydroxylation is 1. The molecule has 6 heteroatoms. The zero-order valence-corrected chi connectivity index (χ0v) is 11.2. The summed E-state index contributed by atoms with van der Waals surface area (Å²) < 4.78 is 7.40. The number of ether oxygens (including phenoxy) is 1. The Balaban J connectivity index is 2.74. The van der Waals surface area contributed by atoms with E-state index in [0.717, 1.165) is 10.9 Å². The van der Waals surface area contributed by atoms with Crippen LogP contribution in [0.4, 0.5) is 0 Å². The number of aliphatic carboxylic acids is 1. The number of hydrogen-bond acceptors (Lipinski definition) is 4. The summed E-state index contributed by atoms with van der Waals surface area (Å²) in [4.78, 5) is 14.8. The molecule has 1 rings (SSSR count). The number of carbonyl (C=O) groups is 1. The fourth-order valence-electron chi connectivity index (χ4n) is 1.56. The van der Waals surface area contributed by atoms with Gasteiger partial charge in [-0.1, -0.05) is 11.8 Å². The van der Waals surface area contributed by atoms with Crippen molar-refractivity contribution >= 4 is 17.7 Å². The molecule has 0 saturated carbocycles. The van der Waals surface area contributed by atoms with Crippen molar-refractivity contribution in [3.8, 4) is 0 Å². The van der Waals surface area contributed by atoms with E-state index >= 15 is 0 Å². The standard InChI is InChI=1S/C11H18N2O3S/c1-4-16-6-9(3)13-8(2)5-12-11(13)17-7-10(14)15/h5,9H,4,6-7H2,1-3H3,(H,14,15). The maximum absolute atomic E-state index is 10.6. The molecule has 0 spiro atoms. The molecule has 96 valence electrons. The fourth-order valence-corrected chi connectivity index (χ4v) is 2.40. The van der Waals surface area contributed by atoms with Crippen LogP contribution < -0.4 is 0 Å². The highest BCUT2D eigenvalue weighted by molar-refractivity contribution is 7.99. The predicted molar refractivity (Wildman–Crippen MR) is 66.5 cm³/mol. The van der Waals surface area contributed by atoms with Crippen molar-refractivity contribution in [3.05, 3.63) is 11.9 Å². The van der Waals surface area contributed by atoms with Gasteiger partial charge in [-0.15, -0.1) is 0 Å². The molecule has 0 saturated heterocycles. The molecule has 0 aliphatic carbocycles. The third kappa shape index (κ3) is 4.05. The summed E-state index contributed by atoms with van der Waals surface area (Å²) in [7, 11) is 0. The van der Waals surface area contributed by atoms with Gasteiger partial charge in [-0.05, 0) is 20.8 Å². The van der Waals surface area contributed by atoms with Gasteiger partial charge >= 0.3 is 5.97 Å². The second-order valence-corrected chi connectivity index (χ2v) is 4.69. The minimum absolute atomic E-state index is 0.0256. The Kier molecular flexibility index (Phi) is 5.50. The Bertz CT molecular complexity index is 379. The van der Waals surface area contributed by atoms with Crippen molar-refractivity contribution in [2.45, 2.75) is 32.0 Å². The van der Waals surface area contributed by atoms with Gasteiger partial charge in [0.1, 0.15) is 0 Å². The zero-order valence-electron chi connectivity index (χ0n) is 10.3. The topological polar surface area (TPSA) is 64.4 Å². The first kappa shape index (κ1) is 14.1. The van der Waals surface area contributed by atoms with Crippen LogP contribution in [0, 0.1) is 6.92 Å². The van der Waals surface area contributed by atoms with Crippen LogP contribution in [0.3, 0.4) is 0 Å². The predicted octanol–water partition coefficient (Wildman–Crippen LogP) is 1.97. The van der Waals surface area contributed by atoms with Gasteiger partial charge in [0.05, 0.1) is 18.4 Å². The normalized spacial score (nSPS) is 12.6. The molecule has 1 aromatic heterocycles. The lowest BCUT2D eigenvalue weighted by Gasteiger charge is -2.17. The van der Waals surface area contributed by atoms with Gasteiger partial charge in [-0.25, -0.2) is 4.98 Å². The molecular formula is C11H18N2O3S. The number of carboxylic acids is 1. The highest BCUT2D eigenvalue weighted by atomic mass is 32.2. The van der Waals surface area contributed by atoms with E-state index in [-0.39, 0.29) is 11.8 Å². The summed E-state index contributed by atoms with van der Waals surface area (Å²) in [6.07, 6.45) is 1.76. The van der Waals surface area contributed by atoms with E-state index < -0.39 is 5.97 Å². The third-order valence-corrected chi connectivity index (χ3v) is 3.23. The first-order valence-electron chi connectivity index (χ1n) is 5.52. The van der Waals surface area contributed by atoms with Crippen molar-refractivity contribution < 1.29 is 14.6 Å². The summed E-state index contributed by atoms with van der Waals surface area (Å²) in [5, 5.41) is 9.40. The van der Waals surface area contributed by atoms with E-state index in [1.54, 1.807) is 6.20 Å². The SMILES string of the molecule is CCOCC(C)n1c(C)cnc1SCC(=O)O. The minimum Gasteiger partial charge on any atom is -0.481 e. The van der Waals surface area contributed by atoms with Gasteiger partial charge in [-0.2, -0.15) is 0 Å². The first-order valence-corrected chi connectivity index (χ1v) is 6.51. The molecule has 5 nitrogen and oxygen atoms in total. The second kappa shape index (κ2) is 6.66. The average Bonchev–Trinajstić information content (AvgIpc) is 2.64. The van der Waals surface area contributed by atoms with E-state index in [2.05, 4.69) is 4.98 Å². The largest absolute Gasteiger partial charge is 0.481 e. The van der Waals surface area contributed by atoms with E-state index in [9.17, 15) is 4.79 Å². The Labute approximate surface area is 105 Å². The van der Waals surface area contributed by atoms with Crippen LogP contribution in [-0.4, -0.2) is 39.6 Å². The molecule has 1 aromatic rings. The smallest absolute Gasteiger partial charge is 0.313 e. The van der Waals surface area contributed by atoms with E-state index in [4.69, 9.17) is 9.84 Å². The number of imidazole rings is 1. The van der Waals surface area contributed by atoms with Gasteiger partial charge in [0.15, 0.2) is 5.16 Å². The Morgan fingerprint density at radius 1 is 1.71 bits per heavy atom. The maximum atomic E-state index is 10.6. The number of hydrogen-bond donors (Lipinski definition) is 1. The van der Waals surface area contributed by atoms with Crippen LogP contribution in [-0.2, 0) is 9.53 Å². The lowest BCUT2D eigenvalue weighted by molar-refractivity contribution is -0.133. The highest BCUT2D eigenvalue weighted by Crippen LogP contribution is 2.22. The Hall–Kier alpha value is -1.01. The minimum atomic E-state index is -0.834. The van der Waals surface area contributed by atoms with Crippen LogP contribution >= 0.6 is 11.8 Å². The zero-order chi connectivity index (χ0) is 12.8. The average molecular weight is 258 g/mol. The molecule has 17 heavy (non-hydrogen) atoms. The summed E-state index contributed by atoms with van der Waals surface area (Å²) in [5.74, 6) is -0.808. The van der Waals surface area contributed by atoms with Gasteiger partial charge in [-0.3, -0.25) is 4.79 Å². The Morgan fingerprint density at radius 2 is 2.41 bits per heavy atom. The van der Waals surface area contributed by atoms with Crippen molar-refractivity contribution in [3.63, 3.8) is 0 Å². The number of thioether (sulfide) groups is 1. The quantitative estimate of drug-likeness (QED) is 0.757. The molecule has 0 amide bonds. The number of nitrogens with zero attached hydrogens (tertiary/aromatic N) is 2. The van der Waals surface area contributed by atoms with Gasteiger partial charge in [0, 0.05) is 18.5 Å². The summed E-state index contributed by atoms with van der Waals surface area (Å²) in [5.41, 5.74) is 1.02. The molecule has 0 radical (unpaired) electrons. The first-order chi connectivity index (χ1) is 8.06.